The van der Waals surface area contributed by atoms with Crippen molar-refractivity contribution < 1.29 is 14.3 Å². The smallest absolute Gasteiger partial charge is 0.315 e. The van der Waals surface area contributed by atoms with E-state index in [4.69, 9.17) is 4.42 Å². The second-order valence-electron chi connectivity index (χ2n) is 5.23. The predicted octanol–water partition coefficient (Wildman–Crippen LogP) is 3.18. The summed E-state index contributed by atoms with van der Waals surface area (Å²) < 4.78 is 5.14. The van der Waals surface area contributed by atoms with Crippen molar-refractivity contribution in [1.29, 1.82) is 0 Å². The highest BCUT2D eigenvalue weighted by molar-refractivity contribution is 7.99. The number of hydrogen-bond acceptors (Lipinski definition) is 4. The highest BCUT2D eigenvalue weighted by atomic mass is 32.2. The molecule has 5 nitrogen and oxygen atoms in total. The molecule has 0 fully saturated rings. The zero-order valence-electron chi connectivity index (χ0n) is 13.1. The molecule has 2 aromatic rings. The molecule has 0 aliphatic carbocycles. The molecule has 1 heterocycles. The lowest BCUT2D eigenvalue weighted by atomic mass is 10.1. The summed E-state index contributed by atoms with van der Waals surface area (Å²) in [6, 6.07) is 13.1. The Labute approximate surface area is 140 Å². The van der Waals surface area contributed by atoms with Crippen LogP contribution in [0.15, 0.2) is 58.0 Å². The number of rotatable bonds is 8. The van der Waals surface area contributed by atoms with Gasteiger partial charge in [0, 0.05) is 29.7 Å². The van der Waals surface area contributed by atoms with Gasteiger partial charge in [-0.2, -0.15) is 0 Å². The molecular weight excluding hydrogens is 312 g/mol. The fraction of sp³-hybridized carbons (Fsp3) is 0.353. The number of aliphatic hydroxyl groups excluding tert-OH is 1. The molecule has 1 aromatic carbocycles. The molecule has 0 aliphatic rings. The van der Waals surface area contributed by atoms with Gasteiger partial charge < -0.3 is 20.2 Å². The minimum atomic E-state index is -0.714. The van der Waals surface area contributed by atoms with Crippen molar-refractivity contribution in [3.8, 4) is 0 Å². The standard InChI is InChI=1S/C17H22N2O3S/c1-13(12-15(20)16-8-5-10-22-16)19-17(21)18-9-11-23-14-6-3-2-4-7-14/h2-8,10,13,15,20H,9,11-12H2,1H3,(H2,18,19,21). The van der Waals surface area contributed by atoms with Crippen molar-refractivity contribution >= 4 is 17.8 Å². The Balaban J connectivity index is 1.60. The van der Waals surface area contributed by atoms with Crippen LogP contribution < -0.4 is 10.6 Å². The van der Waals surface area contributed by atoms with E-state index < -0.39 is 6.10 Å². The van der Waals surface area contributed by atoms with Gasteiger partial charge in [-0.15, -0.1) is 11.8 Å². The molecule has 0 bridgehead atoms. The lowest BCUT2D eigenvalue weighted by Gasteiger charge is -2.17. The number of thioether (sulfide) groups is 1. The summed E-state index contributed by atoms with van der Waals surface area (Å²) in [5, 5.41) is 15.6. The zero-order valence-corrected chi connectivity index (χ0v) is 13.9. The second kappa shape index (κ2) is 9.27. The van der Waals surface area contributed by atoms with Gasteiger partial charge in [-0.1, -0.05) is 18.2 Å². The van der Waals surface area contributed by atoms with Crippen molar-refractivity contribution in [3.05, 3.63) is 54.5 Å². The van der Waals surface area contributed by atoms with Crippen molar-refractivity contribution in [3.63, 3.8) is 0 Å². The van der Waals surface area contributed by atoms with Crippen LogP contribution in [-0.2, 0) is 0 Å². The molecule has 23 heavy (non-hydrogen) atoms. The van der Waals surface area contributed by atoms with Crippen LogP contribution in [-0.4, -0.2) is 29.5 Å². The van der Waals surface area contributed by atoms with Crippen LogP contribution in [0.2, 0.25) is 0 Å². The molecule has 0 aliphatic heterocycles. The van der Waals surface area contributed by atoms with Crippen LogP contribution in [0.5, 0.6) is 0 Å². The third-order valence-corrected chi connectivity index (χ3v) is 4.24. The first-order chi connectivity index (χ1) is 11.1. The Morgan fingerprint density at radius 3 is 2.74 bits per heavy atom. The molecule has 6 heteroatoms. The summed E-state index contributed by atoms with van der Waals surface area (Å²) in [4.78, 5) is 13.0. The van der Waals surface area contributed by atoms with Crippen LogP contribution in [0, 0.1) is 0 Å². The molecule has 2 unspecified atom stereocenters. The molecular formula is C17H22N2O3S. The summed E-state index contributed by atoms with van der Waals surface area (Å²) in [7, 11) is 0. The number of amides is 2. The minimum absolute atomic E-state index is 0.156. The van der Waals surface area contributed by atoms with Gasteiger partial charge in [-0.05, 0) is 31.2 Å². The van der Waals surface area contributed by atoms with E-state index in [0.717, 1.165) is 5.75 Å². The van der Waals surface area contributed by atoms with Gasteiger partial charge >= 0.3 is 6.03 Å². The van der Waals surface area contributed by atoms with Gasteiger partial charge in [0.05, 0.1) is 6.26 Å². The third-order valence-electron chi connectivity index (χ3n) is 3.23. The first kappa shape index (κ1) is 17.4. The summed E-state index contributed by atoms with van der Waals surface area (Å²) in [5.74, 6) is 1.32. The van der Waals surface area contributed by atoms with Gasteiger partial charge in [0.2, 0.25) is 0 Å². The number of urea groups is 1. The molecule has 0 saturated heterocycles. The average molecular weight is 334 g/mol. The number of carbonyl (C=O) groups is 1. The maximum absolute atomic E-state index is 11.8. The van der Waals surface area contributed by atoms with E-state index in [1.807, 2.05) is 37.3 Å². The lowest BCUT2D eigenvalue weighted by Crippen LogP contribution is -2.42. The van der Waals surface area contributed by atoms with E-state index in [9.17, 15) is 9.90 Å². The van der Waals surface area contributed by atoms with E-state index in [1.165, 1.54) is 11.2 Å². The quantitative estimate of drug-likeness (QED) is 0.512. The molecule has 1 aromatic heterocycles. The molecule has 0 radical (unpaired) electrons. The van der Waals surface area contributed by atoms with E-state index in [0.29, 0.717) is 18.7 Å². The third kappa shape index (κ3) is 6.38. The molecule has 3 N–H and O–H groups in total. The molecule has 2 rings (SSSR count). The number of carbonyl (C=O) groups excluding carboxylic acids is 1. The van der Waals surface area contributed by atoms with E-state index in [1.54, 1.807) is 23.9 Å². The van der Waals surface area contributed by atoms with Crippen molar-refractivity contribution in [2.75, 3.05) is 12.3 Å². The van der Waals surface area contributed by atoms with Gasteiger partial charge in [0.15, 0.2) is 0 Å². The van der Waals surface area contributed by atoms with Gasteiger partial charge in [0.25, 0.3) is 0 Å². The van der Waals surface area contributed by atoms with Crippen LogP contribution in [0.4, 0.5) is 4.79 Å². The van der Waals surface area contributed by atoms with Gasteiger partial charge in [-0.3, -0.25) is 0 Å². The highest BCUT2D eigenvalue weighted by Crippen LogP contribution is 2.18. The predicted molar refractivity (Wildman–Crippen MR) is 91.4 cm³/mol. The Hall–Kier alpha value is -1.92. The average Bonchev–Trinajstić information content (AvgIpc) is 3.07. The summed E-state index contributed by atoms with van der Waals surface area (Å²) >= 11 is 1.70. The number of benzene rings is 1. The molecule has 2 amide bonds. The number of nitrogens with one attached hydrogen (secondary N) is 2. The number of furan rings is 1. The van der Waals surface area contributed by atoms with E-state index in [-0.39, 0.29) is 12.1 Å². The Kier molecular flexibility index (Phi) is 7.03. The van der Waals surface area contributed by atoms with Crippen molar-refractivity contribution in [2.45, 2.75) is 30.4 Å². The largest absolute Gasteiger partial charge is 0.467 e. The molecule has 2 atom stereocenters. The fourth-order valence-electron chi connectivity index (χ4n) is 2.12. The summed E-state index contributed by atoms with van der Waals surface area (Å²) in [5.41, 5.74) is 0. The SMILES string of the molecule is CC(CC(O)c1ccco1)NC(=O)NCCSc1ccccc1. The van der Waals surface area contributed by atoms with Crippen LogP contribution in [0.1, 0.15) is 25.2 Å². The monoisotopic (exact) mass is 334 g/mol. The topological polar surface area (TPSA) is 74.5 Å². The van der Waals surface area contributed by atoms with Gasteiger partial charge in [0.1, 0.15) is 11.9 Å². The maximum atomic E-state index is 11.8. The van der Waals surface area contributed by atoms with Crippen molar-refractivity contribution in [2.24, 2.45) is 0 Å². The van der Waals surface area contributed by atoms with Crippen LogP contribution in [0.25, 0.3) is 0 Å². The lowest BCUT2D eigenvalue weighted by molar-refractivity contribution is 0.129. The number of aliphatic hydroxyl groups is 1. The van der Waals surface area contributed by atoms with Gasteiger partial charge in [-0.25, -0.2) is 4.79 Å². The fourth-order valence-corrected chi connectivity index (χ4v) is 2.91. The van der Waals surface area contributed by atoms with E-state index >= 15 is 0 Å². The Bertz CT molecular complexity index is 575. The molecule has 0 saturated carbocycles. The van der Waals surface area contributed by atoms with Crippen LogP contribution in [0.3, 0.4) is 0 Å². The van der Waals surface area contributed by atoms with Crippen LogP contribution >= 0.6 is 11.8 Å². The Morgan fingerprint density at radius 1 is 1.26 bits per heavy atom. The summed E-state index contributed by atoms with van der Waals surface area (Å²) in [6.07, 6.45) is 1.21. The minimum Gasteiger partial charge on any atom is -0.467 e. The zero-order chi connectivity index (χ0) is 16.5. The normalized spacial score (nSPS) is 13.3. The summed E-state index contributed by atoms with van der Waals surface area (Å²) in [6.45, 7) is 2.43. The first-order valence-corrected chi connectivity index (χ1v) is 8.57. The molecule has 0 spiro atoms. The van der Waals surface area contributed by atoms with E-state index in [2.05, 4.69) is 10.6 Å². The number of hydrogen-bond donors (Lipinski definition) is 3. The highest BCUT2D eigenvalue weighted by Gasteiger charge is 2.16. The maximum Gasteiger partial charge on any atom is 0.315 e. The first-order valence-electron chi connectivity index (χ1n) is 7.59. The van der Waals surface area contributed by atoms with Crippen molar-refractivity contribution in [1.82, 2.24) is 10.6 Å². The second-order valence-corrected chi connectivity index (χ2v) is 6.40. The Morgan fingerprint density at radius 2 is 2.04 bits per heavy atom. The molecule has 124 valence electrons.